The monoisotopic (exact) mass is 347 g/mol. The zero-order valence-electron chi connectivity index (χ0n) is 14.9. The molecule has 8 nitrogen and oxygen atoms in total. The predicted molar refractivity (Wildman–Crippen MR) is 90.8 cm³/mol. The summed E-state index contributed by atoms with van der Waals surface area (Å²) in [5, 5.41) is 21.4. The summed E-state index contributed by atoms with van der Waals surface area (Å²) in [6, 6.07) is -0.231. The minimum Gasteiger partial charge on any atom is -0.390 e. The van der Waals surface area contributed by atoms with Gasteiger partial charge in [-0.05, 0) is 32.8 Å². The fourth-order valence-electron chi connectivity index (χ4n) is 3.21. The molecule has 1 amide bonds. The van der Waals surface area contributed by atoms with Crippen molar-refractivity contribution < 1.29 is 14.4 Å². The van der Waals surface area contributed by atoms with Gasteiger partial charge in [0.15, 0.2) is 0 Å². The van der Waals surface area contributed by atoms with Crippen molar-refractivity contribution in [3.63, 3.8) is 0 Å². The molecule has 3 rings (SSSR count). The first kappa shape index (κ1) is 17.6. The zero-order chi connectivity index (χ0) is 18.0. The maximum absolute atomic E-state index is 12.1. The number of carbonyl (C=O) groups is 1. The third kappa shape index (κ3) is 4.26. The normalized spacial score (nSPS) is 21.4. The second kappa shape index (κ2) is 7.37. The largest absolute Gasteiger partial charge is 0.390 e. The quantitative estimate of drug-likeness (QED) is 0.820. The summed E-state index contributed by atoms with van der Waals surface area (Å²) < 4.78 is 6.79. The highest BCUT2D eigenvalue weighted by Gasteiger charge is 2.29. The van der Waals surface area contributed by atoms with Gasteiger partial charge in [-0.3, -0.25) is 14.4 Å². The summed E-state index contributed by atoms with van der Waals surface area (Å²) in [6.07, 6.45) is 3.64. The molecule has 0 unspecified atom stereocenters. The number of piperidine rings is 1. The van der Waals surface area contributed by atoms with Gasteiger partial charge in [0.25, 0.3) is 0 Å². The van der Waals surface area contributed by atoms with Crippen molar-refractivity contribution in [2.45, 2.75) is 52.4 Å². The van der Waals surface area contributed by atoms with Crippen molar-refractivity contribution in [1.29, 1.82) is 0 Å². The number of nitrogens with zero attached hydrogens (tertiary/aromatic N) is 4. The second-order valence-electron chi connectivity index (χ2n) is 6.78. The van der Waals surface area contributed by atoms with Crippen LogP contribution in [0.3, 0.4) is 0 Å². The number of aliphatic hydroxyl groups is 1. The molecule has 0 spiro atoms. The van der Waals surface area contributed by atoms with Crippen LogP contribution in [-0.4, -0.2) is 56.1 Å². The molecule has 0 aromatic carbocycles. The van der Waals surface area contributed by atoms with Crippen LogP contribution in [0.2, 0.25) is 0 Å². The van der Waals surface area contributed by atoms with E-state index in [0.29, 0.717) is 19.5 Å². The molecule has 1 saturated heterocycles. The lowest BCUT2D eigenvalue weighted by atomic mass is 10.0. The van der Waals surface area contributed by atoms with Crippen LogP contribution < -0.4 is 5.32 Å². The number of aromatic nitrogens is 3. The average molecular weight is 347 g/mol. The Balaban J connectivity index is 1.50. The summed E-state index contributed by atoms with van der Waals surface area (Å²) in [5.74, 6) is 0.684. The molecule has 2 aromatic heterocycles. The van der Waals surface area contributed by atoms with Gasteiger partial charge in [-0.1, -0.05) is 5.16 Å². The Morgan fingerprint density at radius 3 is 2.84 bits per heavy atom. The van der Waals surface area contributed by atoms with E-state index in [2.05, 4.69) is 20.5 Å². The summed E-state index contributed by atoms with van der Waals surface area (Å²) in [6.45, 7) is 7.93. The minimum absolute atomic E-state index is 0.133. The van der Waals surface area contributed by atoms with Gasteiger partial charge >= 0.3 is 0 Å². The van der Waals surface area contributed by atoms with Crippen molar-refractivity contribution >= 4 is 5.91 Å². The smallest absolute Gasteiger partial charge is 0.242 e. The van der Waals surface area contributed by atoms with E-state index < -0.39 is 6.10 Å². The number of hydrogen-bond acceptors (Lipinski definition) is 6. The van der Waals surface area contributed by atoms with Crippen molar-refractivity contribution in [3.05, 3.63) is 35.0 Å². The Morgan fingerprint density at radius 1 is 1.44 bits per heavy atom. The van der Waals surface area contributed by atoms with Gasteiger partial charge < -0.3 is 14.9 Å². The van der Waals surface area contributed by atoms with E-state index in [4.69, 9.17) is 4.52 Å². The SMILES string of the molecule is Cc1cnn(CC(=O)N[C@@H]2CCN(Cc3c(C)noc3C)C[C@H]2O)c1. The number of hydrogen-bond donors (Lipinski definition) is 2. The van der Waals surface area contributed by atoms with Crippen LogP contribution >= 0.6 is 0 Å². The Bertz CT molecular complexity index is 719. The molecular formula is C17H25N5O3. The number of amides is 1. The topological polar surface area (TPSA) is 96.4 Å². The average Bonchev–Trinajstić information content (AvgIpc) is 3.10. The highest BCUT2D eigenvalue weighted by Crippen LogP contribution is 2.19. The van der Waals surface area contributed by atoms with E-state index in [1.54, 1.807) is 10.9 Å². The highest BCUT2D eigenvalue weighted by molar-refractivity contribution is 5.76. The number of likely N-dealkylation sites (tertiary alicyclic amines) is 1. The molecule has 1 fully saturated rings. The lowest BCUT2D eigenvalue weighted by Crippen LogP contribution is -2.54. The van der Waals surface area contributed by atoms with Crippen LogP contribution in [0.15, 0.2) is 16.9 Å². The molecule has 3 heterocycles. The molecule has 25 heavy (non-hydrogen) atoms. The van der Waals surface area contributed by atoms with Crippen LogP contribution in [0.4, 0.5) is 0 Å². The fraction of sp³-hybridized carbons (Fsp3) is 0.588. The maximum atomic E-state index is 12.1. The number of rotatable bonds is 5. The Kier molecular flexibility index (Phi) is 5.19. The number of β-amino-alcohol motifs (C(OH)–C–C–N with tert-alkyl or cyclic N) is 1. The van der Waals surface area contributed by atoms with Gasteiger partial charge in [0.05, 0.1) is 24.0 Å². The van der Waals surface area contributed by atoms with Gasteiger partial charge in [-0.15, -0.1) is 0 Å². The highest BCUT2D eigenvalue weighted by atomic mass is 16.5. The molecule has 136 valence electrons. The molecule has 2 N–H and O–H groups in total. The van der Waals surface area contributed by atoms with E-state index in [9.17, 15) is 9.90 Å². The first-order valence-electron chi connectivity index (χ1n) is 8.53. The number of carbonyl (C=O) groups excluding carboxylic acids is 1. The van der Waals surface area contributed by atoms with E-state index in [1.807, 2.05) is 27.0 Å². The molecule has 1 aliphatic rings. The van der Waals surface area contributed by atoms with Crippen molar-refractivity contribution in [2.75, 3.05) is 13.1 Å². The van der Waals surface area contributed by atoms with Gasteiger partial charge in [-0.25, -0.2) is 0 Å². The molecule has 2 atom stereocenters. The minimum atomic E-state index is -0.600. The molecule has 2 aromatic rings. The van der Waals surface area contributed by atoms with Crippen LogP contribution in [0.25, 0.3) is 0 Å². The zero-order valence-corrected chi connectivity index (χ0v) is 14.9. The van der Waals surface area contributed by atoms with Crippen LogP contribution in [-0.2, 0) is 17.9 Å². The van der Waals surface area contributed by atoms with Gasteiger partial charge in [0.2, 0.25) is 5.91 Å². The fourth-order valence-corrected chi connectivity index (χ4v) is 3.21. The van der Waals surface area contributed by atoms with Crippen LogP contribution in [0.5, 0.6) is 0 Å². The third-order valence-corrected chi connectivity index (χ3v) is 4.64. The molecule has 0 radical (unpaired) electrons. The van der Waals surface area contributed by atoms with E-state index >= 15 is 0 Å². The molecular weight excluding hydrogens is 322 g/mol. The van der Waals surface area contributed by atoms with E-state index in [1.165, 1.54) is 0 Å². The summed E-state index contributed by atoms with van der Waals surface area (Å²) in [5.41, 5.74) is 2.97. The van der Waals surface area contributed by atoms with E-state index in [-0.39, 0.29) is 18.5 Å². The standard InChI is InChI=1S/C17H25N5O3/c1-11-6-18-22(7-11)10-17(24)19-15-4-5-21(9-16(15)23)8-14-12(2)20-25-13(14)3/h6-7,15-16,23H,4-5,8-10H2,1-3H3,(H,19,24)/t15-,16-/m1/s1. The summed E-state index contributed by atoms with van der Waals surface area (Å²) >= 11 is 0. The summed E-state index contributed by atoms with van der Waals surface area (Å²) in [7, 11) is 0. The van der Waals surface area contributed by atoms with Crippen molar-refractivity contribution in [1.82, 2.24) is 25.2 Å². The van der Waals surface area contributed by atoms with Gasteiger partial charge in [-0.2, -0.15) is 5.10 Å². The van der Waals surface area contributed by atoms with Crippen LogP contribution in [0, 0.1) is 20.8 Å². The number of nitrogens with one attached hydrogen (secondary N) is 1. The molecule has 0 saturated carbocycles. The lowest BCUT2D eigenvalue weighted by molar-refractivity contribution is -0.124. The summed E-state index contributed by atoms with van der Waals surface area (Å²) in [4.78, 5) is 14.3. The first-order chi connectivity index (χ1) is 11.9. The molecule has 8 heteroatoms. The number of aryl methyl sites for hydroxylation is 3. The molecule has 1 aliphatic heterocycles. The van der Waals surface area contributed by atoms with E-state index in [0.717, 1.165) is 29.1 Å². The maximum Gasteiger partial charge on any atom is 0.242 e. The molecule has 0 aliphatic carbocycles. The number of aliphatic hydroxyl groups excluding tert-OH is 1. The predicted octanol–water partition coefficient (Wildman–Crippen LogP) is 0.548. The van der Waals surface area contributed by atoms with Crippen molar-refractivity contribution in [2.24, 2.45) is 0 Å². The Morgan fingerprint density at radius 2 is 2.24 bits per heavy atom. The van der Waals surface area contributed by atoms with Crippen LogP contribution in [0.1, 0.15) is 29.0 Å². The second-order valence-corrected chi connectivity index (χ2v) is 6.78. The molecule has 0 bridgehead atoms. The lowest BCUT2D eigenvalue weighted by Gasteiger charge is -2.36. The Labute approximate surface area is 146 Å². The van der Waals surface area contributed by atoms with Crippen molar-refractivity contribution in [3.8, 4) is 0 Å². The first-order valence-corrected chi connectivity index (χ1v) is 8.53. The van der Waals surface area contributed by atoms with Gasteiger partial charge in [0, 0.05) is 31.4 Å². The van der Waals surface area contributed by atoms with Gasteiger partial charge in [0.1, 0.15) is 12.3 Å². The Hall–Kier alpha value is -2.19. The third-order valence-electron chi connectivity index (χ3n) is 4.64.